The van der Waals surface area contributed by atoms with Crippen LogP contribution in [-0.2, 0) is 22.4 Å². The Labute approximate surface area is 147 Å². The van der Waals surface area contributed by atoms with E-state index in [4.69, 9.17) is 10.8 Å². The normalized spacial score (nSPS) is 11.6. The topological polar surface area (TPSA) is 109 Å². The van der Waals surface area contributed by atoms with Crippen LogP contribution in [0.15, 0.2) is 42.5 Å². The predicted octanol–water partition coefficient (Wildman–Crippen LogP) is 1.42. The van der Waals surface area contributed by atoms with Gasteiger partial charge in [0.15, 0.2) is 0 Å². The number of nitrogens with one attached hydrogen (secondary N) is 1. The van der Waals surface area contributed by atoms with Gasteiger partial charge in [0, 0.05) is 12.0 Å². The predicted molar refractivity (Wildman–Crippen MR) is 88.3 cm³/mol. The molecule has 0 aliphatic heterocycles. The summed E-state index contributed by atoms with van der Waals surface area (Å²) in [4.78, 5) is 34.4. The van der Waals surface area contributed by atoms with Crippen LogP contribution in [0, 0.1) is 11.6 Å². The van der Waals surface area contributed by atoms with Crippen LogP contribution >= 0.6 is 0 Å². The zero-order valence-electron chi connectivity index (χ0n) is 13.5. The van der Waals surface area contributed by atoms with Crippen LogP contribution < -0.4 is 11.1 Å². The van der Waals surface area contributed by atoms with Crippen molar-refractivity contribution in [1.29, 1.82) is 0 Å². The first kappa shape index (κ1) is 19.0. The minimum Gasteiger partial charge on any atom is -0.478 e. The van der Waals surface area contributed by atoms with Crippen LogP contribution in [0.1, 0.15) is 21.5 Å². The van der Waals surface area contributed by atoms with E-state index in [0.29, 0.717) is 5.56 Å². The number of carbonyl (C=O) groups excluding carboxylic acids is 2. The molecule has 2 aromatic rings. The summed E-state index contributed by atoms with van der Waals surface area (Å²) in [5, 5.41) is 11.2. The largest absolute Gasteiger partial charge is 0.478 e. The van der Waals surface area contributed by atoms with Gasteiger partial charge in [-0.25, -0.2) is 13.6 Å². The molecular weight excluding hydrogens is 346 g/mol. The Bertz CT molecular complexity index is 817. The average molecular weight is 362 g/mol. The number of carboxylic acids is 1. The summed E-state index contributed by atoms with van der Waals surface area (Å²) in [5.74, 6) is -4.40. The third kappa shape index (κ3) is 4.85. The van der Waals surface area contributed by atoms with Gasteiger partial charge in [-0.3, -0.25) is 9.59 Å². The van der Waals surface area contributed by atoms with Gasteiger partial charge in [-0.15, -0.1) is 0 Å². The van der Waals surface area contributed by atoms with E-state index < -0.39 is 47.4 Å². The molecule has 0 saturated heterocycles. The maximum Gasteiger partial charge on any atom is 0.335 e. The van der Waals surface area contributed by atoms with Gasteiger partial charge in [-0.1, -0.05) is 18.2 Å². The standard InChI is InChI=1S/C18H16F2N2O4/c19-13-2-1-3-14(20)12(13)9-16(23)22-15(17(21)24)8-10-4-6-11(7-5-10)18(25)26/h1-7,15H,8-9H2,(H2,21,24)(H,22,23)(H,25,26)/t15-/m1/s1. The molecule has 8 heteroatoms. The Balaban J connectivity index is 2.06. The lowest BCUT2D eigenvalue weighted by Gasteiger charge is -2.16. The molecule has 0 aliphatic rings. The summed E-state index contributed by atoms with van der Waals surface area (Å²) in [6, 6.07) is 7.82. The molecule has 0 aromatic heterocycles. The SMILES string of the molecule is NC(=O)[C@@H](Cc1ccc(C(=O)O)cc1)NC(=O)Cc1c(F)cccc1F. The van der Waals surface area contributed by atoms with Gasteiger partial charge in [0.1, 0.15) is 17.7 Å². The molecule has 0 bridgehead atoms. The number of carbonyl (C=O) groups is 3. The molecule has 0 unspecified atom stereocenters. The highest BCUT2D eigenvalue weighted by molar-refractivity contribution is 5.88. The summed E-state index contributed by atoms with van der Waals surface area (Å²) in [5.41, 5.74) is 5.50. The van der Waals surface area contributed by atoms with Crippen molar-refractivity contribution >= 4 is 17.8 Å². The minimum atomic E-state index is -1.10. The molecule has 2 aromatic carbocycles. The van der Waals surface area contributed by atoms with Gasteiger partial charge in [-0.05, 0) is 29.8 Å². The third-order valence-corrected chi connectivity index (χ3v) is 3.72. The van der Waals surface area contributed by atoms with Crippen LogP contribution in [0.25, 0.3) is 0 Å². The Morgan fingerprint density at radius 1 is 1.04 bits per heavy atom. The second-order valence-electron chi connectivity index (χ2n) is 5.61. The highest BCUT2D eigenvalue weighted by Gasteiger charge is 2.21. The zero-order valence-corrected chi connectivity index (χ0v) is 13.5. The van der Waals surface area contributed by atoms with Gasteiger partial charge >= 0.3 is 5.97 Å². The average Bonchev–Trinajstić information content (AvgIpc) is 2.58. The summed E-state index contributed by atoms with van der Waals surface area (Å²) >= 11 is 0. The number of benzene rings is 2. The number of rotatable bonds is 7. The number of nitrogens with two attached hydrogens (primary N) is 1. The lowest BCUT2D eigenvalue weighted by molar-refractivity contribution is -0.127. The van der Waals surface area contributed by atoms with Crippen LogP contribution in [0.3, 0.4) is 0 Å². The lowest BCUT2D eigenvalue weighted by Crippen LogP contribution is -2.46. The van der Waals surface area contributed by atoms with Crippen LogP contribution in [0.4, 0.5) is 8.78 Å². The number of primary amides is 1. The second kappa shape index (κ2) is 8.19. The third-order valence-electron chi connectivity index (χ3n) is 3.72. The molecular formula is C18H16F2N2O4. The van der Waals surface area contributed by atoms with Gasteiger partial charge in [-0.2, -0.15) is 0 Å². The quantitative estimate of drug-likeness (QED) is 0.692. The first-order valence-corrected chi connectivity index (χ1v) is 7.61. The van der Waals surface area contributed by atoms with Gasteiger partial charge in [0.2, 0.25) is 11.8 Å². The Morgan fingerprint density at radius 3 is 2.12 bits per heavy atom. The molecule has 2 rings (SSSR count). The summed E-state index contributed by atoms with van der Waals surface area (Å²) in [6.45, 7) is 0. The van der Waals surface area contributed by atoms with E-state index in [1.807, 2.05) is 0 Å². The maximum absolute atomic E-state index is 13.6. The molecule has 136 valence electrons. The van der Waals surface area contributed by atoms with Crippen molar-refractivity contribution in [3.63, 3.8) is 0 Å². The summed E-state index contributed by atoms with van der Waals surface area (Å²) in [6.07, 6.45) is -0.568. The molecule has 0 heterocycles. The van der Waals surface area contributed by atoms with E-state index in [9.17, 15) is 23.2 Å². The molecule has 26 heavy (non-hydrogen) atoms. The lowest BCUT2D eigenvalue weighted by atomic mass is 10.0. The van der Waals surface area contributed by atoms with Gasteiger partial charge in [0.25, 0.3) is 0 Å². The number of halogens is 2. The Kier molecular flexibility index (Phi) is 6.00. The summed E-state index contributed by atoms with van der Waals surface area (Å²) in [7, 11) is 0. The molecule has 0 fully saturated rings. The van der Waals surface area contributed by atoms with Crippen LogP contribution in [0.5, 0.6) is 0 Å². The van der Waals surface area contributed by atoms with Crippen molar-refractivity contribution in [1.82, 2.24) is 5.32 Å². The Morgan fingerprint density at radius 2 is 1.62 bits per heavy atom. The number of amides is 2. The highest BCUT2D eigenvalue weighted by atomic mass is 19.1. The van der Waals surface area contributed by atoms with E-state index in [1.165, 1.54) is 30.3 Å². The molecule has 0 spiro atoms. The fraction of sp³-hybridized carbons (Fsp3) is 0.167. The number of hydrogen-bond acceptors (Lipinski definition) is 3. The molecule has 0 radical (unpaired) electrons. The maximum atomic E-state index is 13.6. The smallest absolute Gasteiger partial charge is 0.335 e. The molecule has 6 nitrogen and oxygen atoms in total. The molecule has 4 N–H and O–H groups in total. The van der Waals surface area contributed by atoms with E-state index in [2.05, 4.69) is 5.32 Å². The van der Waals surface area contributed by atoms with Crippen molar-refractivity contribution in [2.75, 3.05) is 0 Å². The monoisotopic (exact) mass is 362 g/mol. The highest BCUT2D eigenvalue weighted by Crippen LogP contribution is 2.13. The number of carboxylic acid groups (broad SMARTS) is 1. The van der Waals surface area contributed by atoms with E-state index in [1.54, 1.807) is 0 Å². The molecule has 0 aliphatic carbocycles. The molecule has 1 atom stereocenters. The first-order valence-electron chi connectivity index (χ1n) is 7.61. The van der Waals surface area contributed by atoms with E-state index in [-0.39, 0.29) is 12.0 Å². The molecule has 2 amide bonds. The fourth-order valence-electron chi connectivity index (χ4n) is 2.35. The minimum absolute atomic E-state index is 0.0146. The molecule has 0 saturated carbocycles. The van der Waals surface area contributed by atoms with Crippen molar-refractivity contribution in [2.24, 2.45) is 5.73 Å². The van der Waals surface area contributed by atoms with Crippen molar-refractivity contribution in [3.05, 3.63) is 70.8 Å². The van der Waals surface area contributed by atoms with E-state index in [0.717, 1.165) is 12.1 Å². The van der Waals surface area contributed by atoms with Crippen LogP contribution in [-0.4, -0.2) is 28.9 Å². The summed E-state index contributed by atoms with van der Waals surface area (Å²) < 4.78 is 27.2. The fourth-order valence-corrected chi connectivity index (χ4v) is 2.35. The van der Waals surface area contributed by atoms with Crippen molar-refractivity contribution in [2.45, 2.75) is 18.9 Å². The van der Waals surface area contributed by atoms with E-state index >= 15 is 0 Å². The zero-order chi connectivity index (χ0) is 19.3. The first-order chi connectivity index (χ1) is 12.3. The van der Waals surface area contributed by atoms with Crippen LogP contribution in [0.2, 0.25) is 0 Å². The second-order valence-corrected chi connectivity index (χ2v) is 5.61. The number of aromatic carboxylic acids is 1. The van der Waals surface area contributed by atoms with Crippen molar-refractivity contribution in [3.8, 4) is 0 Å². The van der Waals surface area contributed by atoms with Crippen molar-refractivity contribution < 1.29 is 28.3 Å². The number of hydrogen-bond donors (Lipinski definition) is 3. The van der Waals surface area contributed by atoms with Gasteiger partial charge < -0.3 is 16.2 Å². The Hall–Kier alpha value is -3.29. The van der Waals surface area contributed by atoms with Gasteiger partial charge in [0.05, 0.1) is 12.0 Å².